The molecule has 0 spiro atoms. The lowest BCUT2D eigenvalue weighted by Gasteiger charge is -1.94. The van der Waals surface area contributed by atoms with Gasteiger partial charge >= 0.3 is 0 Å². The minimum Gasteiger partial charge on any atom is -0.396 e. The third-order valence-corrected chi connectivity index (χ3v) is 6.91. The van der Waals surface area contributed by atoms with Gasteiger partial charge in [0.1, 0.15) is 0 Å². The third kappa shape index (κ3) is 3.76. The summed E-state index contributed by atoms with van der Waals surface area (Å²) in [6, 6.07) is 8.76. The summed E-state index contributed by atoms with van der Waals surface area (Å²) >= 11 is 7.32. The van der Waals surface area contributed by atoms with E-state index in [0.717, 1.165) is 12.2 Å². The number of thiophene rings is 2. The summed E-state index contributed by atoms with van der Waals surface area (Å²) in [6.45, 7) is 0.285. The van der Waals surface area contributed by atoms with Gasteiger partial charge in [-0.25, -0.2) is 0 Å². The van der Waals surface area contributed by atoms with Crippen molar-refractivity contribution in [2.75, 3.05) is 18.6 Å². The summed E-state index contributed by atoms with van der Waals surface area (Å²) in [5, 5.41) is 8.75. The Balaban J connectivity index is 2.02. The van der Waals surface area contributed by atoms with Crippen molar-refractivity contribution in [2.45, 2.75) is 14.8 Å². The first-order chi connectivity index (χ1) is 8.33. The fourth-order valence-corrected chi connectivity index (χ4v) is 5.10. The first kappa shape index (κ1) is 13.5. The summed E-state index contributed by atoms with van der Waals surface area (Å²) in [5.74, 6) is 0.997. The van der Waals surface area contributed by atoms with Gasteiger partial charge in [0.25, 0.3) is 0 Å². The van der Waals surface area contributed by atoms with E-state index >= 15 is 0 Å². The molecule has 17 heavy (non-hydrogen) atoms. The molecule has 0 amide bonds. The van der Waals surface area contributed by atoms with Crippen molar-refractivity contribution in [3.63, 3.8) is 0 Å². The van der Waals surface area contributed by atoms with Gasteiger partial charge in [-0.15, -0.1) is 46.2 Å². The zero-order valence-corrected chi connectivity index (χ0v) is 12.8. The molecule has 0 atom stereocenters. The van der Waals surface area contributed by atoms with Gasteiger partial charge in [0.15, 0.2) is 0 Å². The van der Waals surface area contributed by atoms with E-state index in [2.05, 4.69) is 30.5 Å². The molecule has 5 heteroatoms. The molecule has 2 heterocycles. The smallest absolute Gasteiger partial charge is 0.0605 e. The van der Waals surface area contributed by atoms with Crippen molar-refractivity contribution in [2.24, 2.45) is 0 Å². The van der Waals surface area contributed by atoms with E-state index in [-0.39, 0.29) is 6.61 Å². The third-order valence-electron chi connectivity index (χ3n) is 2.15. The van der Waals surface area contributed by atoms with Gasteiger partial charge in [0, 0.05) is 22.1 Å². The molecule has 92 valence electrons. The highest BCUT2D eigenvalue weighted by Crippen LogP contribution is 2.39. The van der Waals surface area contributed by atoms with Crippen LogP contribution in [0.3, 0.4) is 0 Å². The molecular formula is C12H14OS4. The maximum absolute atomic E-state index is 8.75. The maximum atomic E-state index is 8.75. The first-order valence-corrected chi connectivity index (χ1v) is 9.15. The normalized spacial score (nSPS) is 10.9. The number of hydrogen-bond donors (Lipinski definition) is 1. The van der Waals surface area contributed by atoms with Crippen LogP contribution < -0.4 is 0 Å². The minimum absolute atomic E-state index is 0.285. The van der Waals surface area contributed by atoms with Gasteiger partial charge in [-0.3, -0.25) is 0 Å². The number of rotatable bonds is 6. The summed E-state index contributed by atoms with van der Waals surface area (Å²) in [6.07, 6.45) is 2.98. The Kier molecular flexibility index (Phi) is 5.44. The van der Waals surface area contributed by atoms with Crippen LogP contribution in [0.2, 0.25) is 0 Å². The number of aliphatic hydroxyl groups is 1. The van der Waals surface area contributed by atoms with Gasteiger partial charge < -0.3 is 5.11 Å². The lowest BCUT2D eigenvalue weighted by molar-refractivity contribution is 0.296. The summed E-state index contributed by atoms with van der Waals surface area (Å²) in [7, 11) is 0. The number of hydrogen-bond acceptors (Lipinski definition) is 5. The van der Waals surface area contributed by atoms with Crippen LogP contribution >= 0.6 is 46.2 Å². The molecule has 0 radical (unpaired) electrons. The molecule has 1 N–H and O–H groups in total. The van der Waals surface area contributed by atoms with Crippen molar-refractivity contribution >= 4 is 46.2 Å². The molecule has 0 unspecified atom stereocenters. The Bertz CT molecular complexity index is 461. The Hall–Kier alpha value is 0.0600. The topological polar surface area (TPSA) is 20.2 Å². The first-order valence-electron chi connectivity index (χ1n) is 5.31. The van der Waals surface area contributed by atoms with E-state index in [9.17, 15) is 0 Å². The quantitative estimate of drug-likeness (QED) is 0.618. The zero-order valence-electron chi connectivity index (χ0n) is 9.51. The van der Waals surface area contributed by atoms with Crippen LogP contribution in [0.25, 0.3) is 9.75 Å². The molecule has 0 saturated heterocycles. The van der Waals surface area contributed by atoms with E-state index in [4.69, 9.17) is 5.11 Å². The maximum Gasteiger partial charge on any atom is 0.0605 e. The van der Waals surface area contributed by atoms with Crippen molar-refractivity contribution in [1.82, 2.24) is 0 Å². The van der Waals surface area contributed by atoms with E-state index in [1.54, 1.807) is 11.8 Å². The molecule has 2 aromatic heterocycles. The molecule has 0 saturated carbocycles. The van der Waals surface area contributed by atoms with Crippen LogP contribution in [-0.2, 0) is 0 Å². The Morgan fingerprint density at radius 3 is 2.29 bits per heavy atom. The average Bonchev–Trinajstić information content (AvgIpc) is 2.97. The lowest BCUT2D eigenvalue weighted by atomic mass is 10.4. The molecule has 2 rings (SSSR count). The second-order valence-corrected chi connectivity index (χ2v) is 8.04. The van der Waals surface area contributed by atoms with Gasteiger partial charge in [-0.05, 0) is 36.9 Å². The second-order valence-electron chi connectivity index (χ2n) is 3.37. The van der Waals surface area contributed by atoms with E-state index in [1.165, 1.54) is 18.2 Å². The highest BCUT2D eigenvalue weighted by Gasteiger charge is 2.06. The van der Waals surface area contributed by atoms with Crippen LogP contribution in [0.1, 0.15) is 6.42 Å². The van der Waals surface area contributed by atoms with E-state index in [0.29, 0.717) is 0 Å². The molecule has 0 aliphatic carbocycles. The van der Waals surface area contributed by atoms with Gasteiger partial charge in [0.2, 0.25) is 0 Å². The molecule has 0 bridgehead atoms. The summed E-state index contributed by atoms with van der Waals surface area (Å²) < 4.78 is 2.70. The van der Waals surface area contributed by atoms with Crippen LogP contribution in [0, 0.1) is 0 Å². The fourth-order valence-electron chi connectivity index (χ4n) is 1.33. The SMILES string of the molecule is CSc1ccc(-c2ccc(SCCCO)s2)s1. The summed E-state index contributed by atoms with van der Waals surface area (Å²) in [4.78, 5) is 2.70. The molecule has 2 aromatic rings. The van der Waals surface area contributed by atoms with Crippen molar-refractivity contribution in [3.05, 3.63) is 24.3 Å². The van der Waals surface area contributed by atoms with E-state index < -0.39 is 0 Å². The lowest BCUT2D eigenvalue weighted by Crippen LogP contribution is -1.83. The standard InChI is InChI=1S/C12H14OS4/c1-14-11-5-3-9(16-11)10-4-6-12(17-10)15-8-2-7-13/h3-6,13H,2,7-8H2,1H3. The molecular weight excluding hydrogens is 288 g/mol. The minimum atomic E-state index is 0.285. The molecule has 0 fully saturated rings. The Labute approximate surface area is 118 Å². The Morgan fingerprint density at radius 1 is 1.06 bits per heavy atom. The highest BCUT2D eigenvalue weighted by molar-refractivity contribution is 8.01. The fraction of sp³-hybridized carbons (Fsp3) is 0.333. The van der Waals surface area contributed by atoms with Crippen LogP contribution in [0.5, 0.6) is 0 Å². The number of aliphatic hydroxyl groups excluding tert-OH is 1. The van der Waals surface area contributed by atoms with Gasteiger partial charge in [-0.1, -0.05) is 0 Å². The van der Waals surface area contributed by atoms with Crippen LogP contribution in [0.4, 0.5) is 0 Å². The van der Waals surface area contributed by atoms with Gasteiger partial charge in [0.05, 0.1) is 8.42 Å². The molecule has 1 nitrogen and oxygen atoms in total. The molecule has 0 aliphatic rings. The number of thioether (sulfide) groups is 2. The van der Waals surface area contributed by atoms with Crippen molar-refractivity contribution < 1.29 is 5.11 Å². The summed E-state index contributed by atoms with van der Waals surface area (Å²) in [5.41, 5.74) is 0. The van der Waals surface area contributed by atoms with E-state index in [1.807, 2.05) is 34.4 Å². The van der Waals surface area contributed by atoms with Crippen LogP contribution in [-0.4, -0.2) is 23.7 Å². The molecule has 0 aromatic carbocycles. The van der Waals surface area contributed by atoms with Crippen molar-refractivity contribution in [1.29, 1.82) is 0 Å². The monoisotopic (exact) mass is 302 g/mol. The van der Waals surface area contributed by atoms with Crippen molar-refractivity contribution in [3.8, 4) is 9.75 Å². The average molecular weight is 303 g/mol. The van der Waals surface area contributed by atoms with Gasteiger partial charge in [-0.2, -0.15) is 0 Å². The largest absolute Gasteiger partial charge is 0.396 e. The second kappa shape index (κ2) is 6.85. The predicted molar refractivity (Wildman–Crippen MR) is 81.8 cm³/mol. The highest BCUT2D eigenvalue weighted by atomic mass is 32.2. The molecule has 0 aliphatic heterocycles. The predicted octanol–water partition coefficient (Wildman–Crippen LogP) is 4.67. The zero-order chi connectivity index (χ0) is 12.1. The van der Waals surface area contributed by atoms with Crippen LogP contribution in [0.15, 0.2) is 32.7 Å². The Morgan fingerprint density at radius 2 is 1.71 bits per heavy atom.